The molecule has 2 aromatic carbocycles. The second-order valence-corrected chi connectivity index (χ2v) is 25.7. The van der Waals surface area contributed by atoms with Gasteiger partial charge in [0.05, 0.1) is 48.3 Å². The molecule has 8 aliphatic carbocycles. The van der Waals surface area contributed by atoms with Gasteiger partial charge in [0.15, 0.2) is 11.6 Å². The van der Waals surface area contributed by atoms with E-state index in [1.165, 1.54) is 0 Å². The van der Waals surface area contributed by atoms with Crippen molar-refractivity contribution < 1.29 is 48.6 Å². The first-order valence-electron chi connectivity index (χ1n) is 27.9. The van der Waals surface area contributed by atoms with Crippen LogP contribution >= 0.6 is 0 Å². The van der Waals surface area contributed by atoms with E-state index in [9.17, 15) is 35.1 Å². The van der Waals surface area contributed by atoms with E-state index in [0.29, 0.717) is 38.5 Å². The fourth-order valence-corrected chi connectivity index (χ4v) is 18.4. The van der Waals surface area contributed by atoms with Crippen molar-refractivity contribution in [3.8, 4) is 29.0 Å². The van der Waals surface area contributed by atoms with Crippen molar-refractivity contribution in [3.05, 3.63) is 100 Å². The van der Waals surface area contributed by atoms with E-state index in [4.69, 9.17) is 9.84 Å². The topological polar surface area (TPSA) is 180 Å². The SMILES string of the molecule is CC#Cc1cccc(-n2ncc3c2C=C2CC[C@H]4[C@@H]5C[C@@H](C)[C@](O)(C(=O)CO)[C@@]5(C)C[C@H](O)[C@]4(F)[C@@]2(C)C3)c1.COc1cccc(-n2cc3c(n2)C=C2CC[C@H]4[C@@H]5C[C@@H](C)[C@](C)(C(=O)CO)[C@@]5(C)C[C@H](O)[C@]4(F)[C@@]2(C)C3)c1. The van der Waals surface area contributed by atoms with Crippen LogP contribution in [0.4, 0.5) is 8.78 Å². The third-order valence-corrected chi connectivity index (χ3v) is 22.8. The lowest BCUT2D eigenvalue weighted by Crippen LogP contribution is -2.70. The fourth-order valence-electron chi connectivity index (χ4n) is 18.4. The number of hydrogen-bond acceptors (Lipinski definition) is 10. The summed E-state index contributed by atoms with van der Waals surface area (Å²) in [5, 5.41) is 64.1. The molecule has 8 aliphatic rings. The van der Waals surface area contributed by atoms with Gasteiger partial charge >= 0.3 is 0 Å². The molecule has 410 valence electrons. The number of halogens is 2. The summed E-state index contributed by atoms with van der Waals surface area (Å²) >= 11 is 0. The Kier molecular flexibility index (Phi) is 12.6. The highest BCUT2D eigenvalue weighted by molar-refractivity contribution is 5.90. The third-order valence-electron chi connectivity index (χ3n) is 22.8. The molecule has 4 aromatic rings. The smallest absolute Gasteiger partial charge is 0.190 e. The van der Waals surface area contributed by atoms with Gasteiger partial charge in [-0.2, -0.15) is 10.2 Å². The molecule has 2 heterocycles. The lowest BCUT2D eigenvalue weighted by molar-refractivity contribution is -0.226. The number of hydrogen-bond donors (Lipinski definition) is 5. The maximum absolute atomic E-state index is 17.9. The molecule has 0 amide bonds. The molecule has 0 aliphatic heterocycles. The zero-order valence-corrected chi connectivity index (χ0v) is 46.0. The molecule has 0 bridgehead atoms. The minimum atomic E-state index is -1.93. The van der Waals surface area contributed by atoms with Crippen LogP contribution in [0, 0.1) is 74.4 Å². The van der Waals surface area contributed by atoms with Crippen LogP contribution in [0.1, 0.15) is 135 Å². The Morgan fingerprint density at radius 2 is 1.35 bits per heavy atom. The minimum absolute atomic E-state index is 0.00972. The molecule has 12 nitrogen and oxygen atoms in total. The van der Waals surface area contributed by atoms with Gasteiger partial charge < -0.3 is 30.3 Å². The predicted molar refractivity (Wildman–Crippen MR) is 288 cm³/mol. The van der Waals surface area contributed by atoms with E-state index in [1.807, 2.05) is 105 Å². The Morgan fingerprint density at radius 1 is 0.766 bits per heavy atom. The molecule has 6 saturated carbocycles. The molecule has 16 atom stereocenters. The van der Waals surface area contributed by atoms with Crippen molar-refractivity contribution in [3.63, 3.8) is 0 Å². The second kappa shape index (κ2) is 18.1. The number of nitrogens with zero attached hydrogens (tertiary/aromatic N) is 4. The number of aromatic nitrogens is 4. The first-order valence-corrected chi connectivity index (χ1v) is 27.9. The van der Waals surface area contributed by atoms with E-state index < -0.39 is 87.1 Å². The van der Waals surface area contributed by atoms with Crippen LogP contribution in [-0.2, 0) is 22.4 Å². The van der Waals surface area contributed by atoms with Crippen molar-refractivity contribution in [2.45, 2.75) is 149 Å². The number of Topliss-reactive ketones (excluding diaryl/α,β-unsaturated/α-hetero) is 2. The number of benzene rings is 2. The van der Waals surface area contributed by atoms with Crippen molar-refractivity contribution >= 4 is 23.7 Å². The van der Waals surface area contributed by atoms with Gasteiger partial charge in [-0.1, -0.05) is 77.7 Å². The Hall–Kier alpha value is -5.30. The molecule has 0 saturated heterocycles. The number of carbonyl (C=O) groups excluding carboxylic acids is 2. The van der Waals surface area contributed by atoms with Crippen LogP contribution in [0.2, 0.25) is 0 Å². The molecular formula is C63H76F2N4O8. The monoisotopic (exact) mass is 1050 g/mol. The van der Waals surface area contributed by atoms with Crippen LogP contribution < -0.4 is 4.74 Å². The average Bonchev–Trinajstić information content (AvgIpc) is 4.36. The number of ketones is 2. The first kappa shape index (κ1) is 53.7. The van der Waals surface area contributed by atoms with E-state index >= 15 is 8.78 Å². The summed E-state index contributed by atoms with van der Waals surface area (Å²) in [7, 11) is 1.63. The summed E-state index contributed by atoms with van der Waals surface area (Å²) in [5.74, 6) is 4.31. The number of fused-ring (bicyclic) bond motifs is 12. The van der Waals surface area contributed by atoms with Crippen molar-refractivity contribution in [2.75, 3.05) is 20.3 Å². The van der Waals surface area contributed by atoms with Crippen molar-refractivity contribution in [2.24, 2.45) is 62.6 Å². The molecule has 2 aromatic heterocycles. The van der Waals surface area contributed by atoms with Gasteiger partial charge in [-0.3, -0.25) is 9.59 Å². The van der Waals surface area contributed by atoms with Gasteiger partial charge in [-0.25, -0.2) is 18.1 Å². The Morgan fingerprint density at radius 3 is 1.99 bits per heavy atom. The molecule has 6 fully saturated rings. The summed E-state index contributed by atoms with van der Waals surface area (Å²) in [5.41, 5.74) is -1.38. The average molecular weight is 1060 g/mol. The van der Waals surface area contributed by atoms with E-state index in [1.54, 1.807) is 20.2 Å². The Balaban J connectivity index is 0.000000164. The summed E-state index contributed by atoms with van der Waals surface area (Å²) < 4.78 is 44.8. The Labute approximate surface area is 451 Å². The number of ether oxygens (including phenoxy) is 1. The van der Waals surface area contributed by atoms with Gasteiger partial charge in [0, 0.05) is 51.3 Å². The number of alkyl halides is 2. The van der Waals surface area contributed by atoms with Crippen molar-refractivity contribution in [1.29, 1.82) is 0 Å². The molecule has 77 heavy (non-hydrogen) atoms. The highest BCUT2D eigenvalue weighted by Crippen LogP contribution is 2.74. The predicted octanol–water partition coefficient (Wildman–Crippen LogP) is 8.97. The molecular weight excluding hydrogens is 979 g/mol. The highest BCUT2D eigenvalue weighted by Gasteiger charge is 2.77. The lowest BCUT2D eigenvalue weighted by Gasteiger charge is -2.63. The van der Waals surface area contributed by atoms with Gasteiger partial charge in [-0.15, -0.1) is 5.92 Å². The summed E-state index contributed by atoms with van der Waals surface area (Å²) in [6.45, 7) is 14.1. The summed E-state index contributed by atoms with van der Waals surface area (Å²) in [4.78, 5) is 25.9. The molecule has 12 rings (SSSR count). The van der Waals surface area contributed by atoms with Crippen LogP contribution in [0.3, 0.4) is 0 Å². The van der Waals surface area contributed by atoms with E-state index in [2.05, 4.69) is 36.9 Å². The van der Waals surface area contributed by atoms with Crippen molar-refractivity contribution in [1.82, 2.24) is 19.6 Å². The number of methoxy groups -OCH3 is 1. The quantitative estimate of drug-likeness (QED) is 0.112. The van der Waals surface area contributed by atoms with E-state index in [0.717, 1.165) is 69.2 Å². The number of aliphatic hydroxyl groups is 5. The van der Waals surface area contributed by atoms with Gasteiger partial charge in [0.25, 0.3) is 0 Å². The van der Waals surface area contributed by atoms with Gasteiger partial charge in [0.1, 0.15) is 35.9 Å². The summed E-state index contributed by atoms with van der Waals surface area (Å²) in [6.07, 6.45) is 10.2. The number of rotatable bonds is 7. The van der Waals surface area contributed by atoms with Gasteiger partial charge in [-0.05, 0) is 154 Å². The second-order valence-electron chi connectivity index (χ2n) is 25.7. The van der Waals surface area contributed by atoms with Gasteiger partial charge in [0.2, 0.25) is 0 Å². The summed E-state index contributed by atoms with van der Waals surface area (Å²) in [6, 6.07) is 15.6. The molecule has 5 N–H and O–H groups in total. The first-order chi connectivity index (χ1) is 36.4. The van der Waals surface area contributed by atoms with Crippen LogP contribution in [0.25, 0.3) is 23.5 Å². The van der Waals surface area contributed by atoms with E-state index in [-0.39, 0.29) is 42.3 Å². The largest absolute Gasteiger partial charge is 0.497 e. The fraction of sp³-hybridized carbons (Fsp3) is 0.587. The number of carbonyl (C=O) groups is 2. The molecule has 0 unspecified atom stereocenters. The Bertz CT molecular complexity index is 3210. The molecule has 14 heteroatoms. The number of allylic oxidation sites excluding steroid dienone is 2. The minimum Gasteiger partial charge on any atom is -0.497 e. The normalized spacial score (nSPS) is 40.9. The standard InChI is InChI=1S/C32H37FN2O4.C31H39FN2O4/c1-5-7-20-8-6-9-23(13-20)35-26-14-22-10-11-24-25-12-19(2)32(39,28(38)18-36)30(25,4)16-27(37)31(24,33)29(22,3)15-21(26)17-34-35;1-18-11-24-23-10-9-20-12-25-19(16-34(33-25)21-7-6-8-22(13-21)38-5)14-28(20,2)31(23,32)26(36)15-29(24,3)30(18,4)27(37)17-35/h6,8-9,13-14,17,19,24-25,27,36-37,39H,10-12,15-16,18H2,1-4H3;6-8,12-13,16,18,23-24,26,35-36H,9-11,14-15,17H2,1-5H3/t19-,24+,25+,27+,29+,30+,31+,32+;18-,23+,24+,26+,28+,29+,30-,31+/m11/s1. The zero-order chi connectivity index (χ0) is 55.2. The highest BCUT2D eigenvalue weighted by atomic mass is 19.1. The van der Waals surface area contributed by atoms with Crippen LogP contribution in [0.5, 0.6) is 5.75 Å². The maximum atomic E-state index is 17.9. The third kappa shape index (κ3) is 6.98. The molecule has 0 spiro atoms. The lowest BCUT2D eigenvalue weighted by atomic mass is 9.42. The van der Waals surface area contributed by atoms with Crippen LogP contribution in [0.15, 0.2) is 72.1 Å². The number of aliphatic hydroxyl groups excluding tert-OH is 4. The maximum Gasteiger partial charge on any atom is 0.190 e. The zero-order valence-electron chi connectivity index (χ0n) is 46.0. The van der Waals surface area contributed by atoms with Crippen LogP contribution in [-0.4, -0.2) is 106 Å². The molecule has 0 radical (unpaired) electrons.